The summed E-state index contributed by atoms with van der Waals surface area (Å²) in [6.45, 7) is 4.52. The number of nitrogens with two attached hydrogens (primary N) is 1. The van der Waals surface area contributed by atoms with E-state index in [1.807, 2.05) is 13.8 Å². The molecule has 1 aromatic heterocycles. The maximum absolute atomic E-state index is 11.4. The molecule has 1 unspecified atom stereocenters. The van der Waals surface area contributed by atoms with Crippen molar-refractivity contribution in [1.82, 2.24) is 25.5 Å². The number of aromatic nitrogens is 4. The smallest absolute Gasteiger partial charge is 0.237 e. The van der Waals surface area contributed by atoms with E-state index in [2.05, 4.69) is 20.8 Å². The van der Waals surface area contributed by atoms with Gasteiger partial charge in [0.1, 0.15) is 0 Å². The standard InChI is InChI=1S/C10H20N6OS/c1-4-12-10(2,8(11)17)6-5-7-18-9-13-14-15-16(9)3/h12H,4-7H2,1-3H3,(H2,11,17). The molecule has 0 aliphatic heterocycles. The van der Waals surface area contributed by atoms with Crippen LogP contribution in [0.25, 0.3) is 0 Å². The summed E-state index contributed by atoms with van der Waals surface area (Å²) in [6, 6.07) is 0. The number of likely N-dealkylation sites (N-methyl/N-ethyl adjacent to an activating group) is 1. The van der Waals surface area contributed by atoms with Crippen molar-refractivity contribution in [2.75, 3.05) is 12.3 Å². The number of hydrogen-bond donors (Lipinski definition) is 2. The minimum Gasteiger partial charge on any atom is -0.368 e. The Morgan fingerprint density at radius 2 is 2.33 bits per heavy atom. The van der Waals surface area contributed by atoms with Crippen LogP contribution < -0.4 is 11.1 Å². The first-order valence-corrected chi connectivity index (χ1v) is 6.88. The van der Waals surface area contributed by atoms with Gasteiger partial charge in [0.05, 0.1) is 5.54 Å². The molecule has 0 bridgehead atoms. The summed E-state index contributed by atoms with van der Waals surface area (Å²) in [5, 5.41) is 15.1. The fourth-order valence-electron chi connectivity index (χ4n) is 1.62. The average Bonchev–Trinajstić information content (AvgIpc) is 2.71. The van der Waals surface area contributed by atoms with Crippen molar-refractivity contribution in [3.8, 4) is 0 Å². The Bertz CT molecular complexity index is 395. The minimum atomic E-state index is -0.632. The molecule has 1 heterocycles. The molecule has 0 radical (unpaired) electrons. The van der Waals surface area contributed by atoms with Crippen molar-refractivity contribution in [3.05, 3.63) is 0 Å². The molecule has 0 aromatic carbocycles. The quantitative estimate of drug-likeness (QED) is 0.508. The molecule has 0 spiro atoms. The van der Waals surface area contributed by atoms with Crippen LogP contribution in [-0.4, -0.2) is 44.0 Å². The first-order valence-electron chi connectivity index (χ1n) is 5.89. The zero-order valence-corrected chi connectivity index (χ0v) is 11.8. The van der Waals surface area contributed by atoms with Gasteiger partial charge in [-0.3, -0.25) is 4.79 Å². The Morgan fingerprint density at radius 1 is 1.61 bits per heavy atom. The number of amides is 1. The average molecular weight is 272 g/mol. The Kier molecular flexibility index (Phi) is 5.54. The van der Waals surface area contributed by atoms with Crippen molar-refractivity contribution < 1.29 is 4.79 Å². The highest BCUT2D eigenvalue weighted by Gasteiger charge is 2.28. The second-order valence-electron chi connectivity index (χ2n) is 4.26. The highest BCUT2D eigenvalue weighted by Crippen LogP contribution is 2.18. The van der Waals surface area contributed by atoms with E-state index < -0.39 is 5.54 Å². The molecule has 1 atom stereocenters. The van der Waals surface area contributed by atoms with Gasteiger partial charge in [-0.15, -0.1) is 5.10 Å². The van der Waals surface area contributed by atoms with E-state index in [0.717, 1.165) is 23.9 Å². The van der Waals surface area contributed by atoms with Crippen LogP contribution >= 0.6 is 11.8 Å². The van der Waals surface area contributed by atoms with Crippen LogP contribution in [0.3, 0.4) is 0 Å². The van der Waals surface area contributed by atoms with E-state index in [1.165, 1.54) is 0 Å². The zero-order valence-electron chi connectivity index (χ0n) is 11.0. The van der Waals surface area contributed by atoms with E-state index in [1.54, 1.807) is 23.5 Å². The third-order valence-electron chi connectivity index (χ3n) is 2.74. The summed E-state index contributed by atoms with van der Waals surface area (Å²) in [5.41, 5.74) is 4.78. The van der Waals surface area contributed by atoms with Crippen LogP contribution in [-0.2, 0) is 11.8 Å². The largest absolute Gasteiger partial charge is 0.368 e. The van der Waals surface area contributed by atoms with Gasteiger partial charge in [-0.1, -0.05) is 18.7 Å². The molecule has 1 rings (SSSR count). The Balaban J connectivity index is 2.36. The normalized spacial score (nSPS) is 14.4. The van der Waals surface area contributed by atoms with Gasteiger partial charge in [0.25, 0.3) is 0 Å². The molecule has 0 saturated carbocycles. The molecule has 7 nitrogen and oxygen atoms in total. The highest BCUT2D eigenvalue weighted by molar-refractivity contribution is 7.99. The Morgan fingerprint density at radius 3 is 2.83 bits per heavy atom. The van der Waals surface area contributed by atoms with E-state index in [0.29, 0.717) is 6.42 Å². The van der Waals surface area contributed by atoms with Crippen molar-refractivity contribution in [2.45, 2.75) is 37.4 Å². The van der Waals surface area contributed by atoms with Crippen molar-refractivity contribution >= 4 is 17.7 Å². The molecule has 0 saturated heterocycles. The van der Waals surface area contributed by atoms with Gasteiger partial charge < -0.3 is 11.1 Å². The second kappa shape index (κ2) is 6.69. The first-order chi connectivity index (χ1) is 8.49. The summed E-state index contributed by atoms with van der Waals surface area (Å²) in [5.74, 6) is 0.539. The molecular formula is C10H20N6OS. The lowest BCUT2D eigenvalue weighted by Crippen LogP contribution is -2.53. The predicted octanol–water partition coefficient (Wildman–Crippen LogP) is -0.0641. The van der Waals surface area contributed by atoms with E-state index >= 15 is 0 Å². The maximum atomic E-state index is 11.4. The van der Waals surface area contributed by atoms with Crippen LogP contribution in [0.15, 0.2) is 5.16 Å². The van der Waals surface area contributed by atoms with Crippen LogP contribution in [0.1, 0.15) is 26.7 Å². The molecule has 8 heteroatoms. The lowest BCUT2D eigenvalue weighted by Gasteiger charge is -2.26. The molecule has 18 heavy (non-hydrogen) atoms. The number of nitrogens with zero attached hydrogens (tertiary/aromatic N) is 4. The van der Waals surface area contributed by atoms with Gasteiger partial charge in [0.2, 0.25) is 11.1 Å². The highest BCUT2D eigenvalue weighted by atomic mass is 32.2. The topological polar surface area (TPSA) is 98.7 Å². The van der Waals surface area contributed by atoms with Gasteiger partial charge in [-0.2, -0.15) is 0 Å². The summed E-state index contributed by atoms with van der Waals surface area (Å²) in [7, 11) is 1.80. The maximum Gasteiger partial charge on any atom is 0.237 e. The number of aryl methyl sites for hydroxylation is 1. The zero-order chi connectivity index (χ0) is 13.6. The lowest BCUT2D eigenvalue weighted by molar-refractivity contribution is -0.124. The summed E-state index contributed by atoms with van der Waals surface area (Å²) < 4.78 is 1.63. The predicted molar refractivity (Wildman–Crippen MR) is 70.0 cm³/mol. The molecule has 0 aliphatic carbocycles. The van der Waals surface area contributed by atoms with Gasteiger partial charge in [-0.05, 0) is 36.7 Å². The number of thioether (sulfide) groups is 1. The number of rotatable bonds is 8. The molecule has 1 amide bonds. The molecule has 1 aromatic rings. The number of primary amides is 1. The van der Waals surface area contributed by atoms with Crippen LogP contribution in [0, 0.1) is 0 Å². The lowest BCUT2D eigenvalue weighted by atomic mass is 9.95. The van der Waals surface area contributed by atoms with Crippen LogP contribution in [0.5, 0.6) is 0 Å². The van der Waals surface area contributed by atoms with Gasteiger partial charge in [0.15, 0.2) is 0 Å². The SMILES string of the molecule is CCNC(C)(CCCSc1nnnn1C)C(N)=O. The van der Waals surface area contributed by atoms with Crippen molar-refractivity contribution in [3.63, 3.8) is 0 Å². The van der Waals surface area contributed by atoms with Crippen molar-refractivity contribution in [2.24, 2.45) is 12.8 Å². The molecule has 3 N–H and O–H groups in total. The number of tetrazole rings is 1. The number of hydrogen-bond acceptors (Lipinski definition) is 6. The van der Waals surface area contributed by atoms with Gasteiger partial charge in [0, 0.05) is 12.8 Å². The molecular weight excluding hydrogens is 252 g/mol. The van der Waals surface area contributed by atoms with E-state index in [4.69, 9.17) is 5.73 Å². The Hall–Kier alpha value is -1.15. The fourth-order valence-corrected chi connectivity index (χ4v) is 2.41. The third kappa shape index (κ3) is 3.95. The molecule has 102 valence electrons. The summed E-state index contributed by atoms with van der Waals surface area (Å²) in [4.78, 5) is 11.4. The van der Waals surface area contributed by atoms with Crippen molar-refractivity contribution in [1.29, 1.82) is 0 Å². The van der Waals surface area contributed by atoms with Gasteiger partial charge in [-0.25, -0.2) is 4.68 Å². The van der Waals surface area contributed by atoms with Crippen LogP contribution in [0.4, 0.5) is 0 Å². The monoisotopic (exact) mass is 272 g/mol. The van der Waals surface area contributed by atoms with E-state index in [9.17, 15) is 4.79 Å². The van der Waals surface area contributed by atoms with Crippen LogP contribution in [0.2, 0.25) is 0 Å². The number of carbonyl (C=O) groups is 1. The minimum absolute atomic E-state index is 0.310. The summed E-state index contributed by atoms with van der Waals surface area (Å²) >= 11 is 1.57. The Labute approximate surface area is 111 Å². The van der Waals surface area contributed by atoms with Gasteiger partial charge >= 0.3 is 0 Å². The summed E-state index contributed by atoms with van der Waals surface area (Å²) in [6.07, 6.45) is 1.57. The number of carbonyl (C=O) groups excluding carboxylic acids is 1. The third-order valence-corrected chi connectivity index (χ3v) is 3.84. The molecule has 0 aliphatic rings. The second-order valence-corrected chi connectivity index (χ2v) is 5.33. The molecule has 0 fully saturated rings. The number of nitrogens with one attached hydrogen (secondary N) is 1. The van der Waals surface area contributed by atoms with E-state index in [-0.39, 0.29) is 5.91 Å². The fraction of sp³-hybridized carbons (Fsp3) is 0.800. The first kappa shape index (κ1) is 14.9.